The monoisotopic (exact) mass is 575 g/mol. The van der Waals surface area contributed by atoms with Crippen LogP contribution in [0.3, 0.4) is 0 Å². The van der Waals surface area contributed by atoms with E-state index in [1.54, 1.807) is 12.1 Å². The zero-order valence-electron chi connectivity index (χ0n) is 22.0. The Bertz CT molecular complexity index is 1310. The molecule has 3 aromatic rings. The second-order valence-electron chi connectivity index (χ2n) is 9.44. The lowest BCUT2D eigenvalue weighted by molar-refractivity contribution is -0.384. The molecule has 1 aromatic carbocycles. The van der Waals surface area contributed by atoms with Gasteiger partial charge in [0.15, 0.2) is 11.9 Å². The molecule has 15 heteroatoms. The fraction of sp³-hybridized carbons (Fsp3) is 0.520. The maximum Gasteiger partial charge on any atom is 0.269 e. The van der Waals surface area contributed by atoms with Gasteiger partial charge in [-0.1, -0.05) is 36.7 Å². The van der Waals surface area contributed by atoms with Gasteiger partial charge in [-0.05, 0) is 18.4 Å². The van der Waals surface area contributed by atoms with Crippen LogP contribution in [0, 0.1) is 10.1 Å². The summed E-state index contributed by atoms with van der Waals surface area (Å²) in [6.45, 7) is 2.31. The van der Waals surface area contributed by atoms with Crippen LogP contribution in [0.25, 0.3) is 11.2 Å². The summed E-state index contributed by atoms with van der Waals surface area (Å²) in [4.78, 5) is 35.2. The fourth-order valence-corrected chi connectivity index (χ4v) is 5.23. The molecule has 5 N–H and O–H groups in total. The second kappa shape index (κ2) is 13.8. The summed E-state index contributed by atoms with van der Waals surface area (Å²) >= 11 is 1.38. The van der Waals surface area contributed by atoms with Gasteiger partial charge in [0, 0.05) is 37.9 Å². The van der Waals surface area contributed by atoms with Gasteiger partial charge in [-0.15, -0.1) is 0 Å². The van der Waals surface area contributed by atoms with Crippen LogP contribution in [-0.4, -0.2) is 83.7 Å². The number of aliphatic hydroxyl groups is 3. The van der Waals surface area contributed by atoms with Gasteiger partial charge in [0.05, 0.1) is 17.9 Å². The molecule has 0 saturated carbocycles. The Balaban J connectivity index is 1.50. The molecule has 216 valence electrons. The van der Waals surface area contributed by atoms with Crippen molar-refractivity contribution in [1.82, 2.24) is 24.8 Å². The van der Waals surface area contributed by atoms with Crippen LogP contribution in [0.15, 0.2) is 35.6 Å². The Labute approximate surface area is 234 Å². The molecular weight excluding hydrogens is 542 g/mol. The lowest BCUT2D eigenvalue weighted by atomic mass is 10.1. The van der Waals surface area contributed by atoms with Crippen molar-refractivity contribution in [3.63, 3.8) is 0 Å². The van der Waals surface area contributed by atoms with Gasteiger partial charge in [0.25, 0.3) is 5.69 Å². The summed E-state index contributed by atoms with van der Waals surface area (Å²) < 4.78 is 7.21. The molecule has 2 aromatic heterocycles. The van der Waals surface area contributed by atoms with E-state index >= 15 is 0 Å². The molecule has 4 rings (SSSR count). The SMILES string of the molecule is CC(=O)NCCCCCCNc1nc(SCc2ccc([N+](=O)[O-])cc2)c2ncn([C@@H]3O[C@H](CO)[C@@H](O)[C@H]3O)c2n1. The largest absolute Gasteiger partial charge is 0.394 e. The van der Waals surface area contributed by atoms with Crippen molar-refractivity contribution in [1.29, 1.82) is 0 Å². The number of non-ortho nitro benzene ring substituents is 1. The van der Waals surface area contributed by atoms with Crippen LogP contribution >= 0.6 is 11.8 Å². The molecular formula is C25H33N7O7S. The van der Waals surface area contributed by atoms with E-state index in [4.69, 9.17) is 4.74 Å². The summed E-state index contributed by atoms with van der Waals surface area (Å²) in [5, 5.41) is 47.8. The van der Waals surface area contributed by atoms with Crippen molar-refractivity contribution in [2.45, 2.75) is 67.9 Å². The average molecular weight is 576 g/mol. The smallest absolute Gasteiger partial charge is 0.269 e. The maximum atomic E-state index is 11.0. The van der Waals surface area contributed by atoms with Crippen molar-refractivity contribution >= 4 is 40.5 Å². The van der Waals surface area contributed by atoms with Crippen LogP contribution in [-0.2, 0) is 15.3 Å². The van der Waals surface area contributed by atoms with E-state index in [1.165, 1.54) is 41.7 Å². The summed E-state index contributed by atoms with van der Waals surface area (Å²) in [7, 11) is 0. The Morgan fingerprint density at radius 1 is 1.12 bits per heavy atom. The molecule has 40 heavy (non-hydrogen) atoms. The number of ether oxygens (including phenoxy) is 1. The van der Waals surface area contributed by atoms with Crippen molar-refractivity contribution in [3.05, 3.63) is 46.3 Å². The van der Waals surface area contributed by atoms with Crippen LogP contribution in [0.1, 0.15) is 44.4 Å². The number of aromatic nitrogens is 4. The molecule has 1 aliphatic rings. The number of anilines is 1. The quantitative estimate of drug-likeness (QED) is 0.0614. The zero-order chi connectivity index (χ0) is 28.6. The molecule has 3 heterocycles. The van der Waals surface area contributed by atoms with Crippen LogP contribution in [0.2, 0.25) is 0 Å². The molecule has 0 aliphatic carbocycles. The van der Waals surface area contributed by atoms with E-state index in [9.17, 15) is 30.2 Å². The van der Waals surface area contributed by atoms with Gasteiger partial charge < -0.3 is 30.7 Å². The third-order valence-corrected chi connectivity index (χ3v) is 7.50. The highest BCUT2D eigenvalue weighted by atomic mass is 32.2. The highest BCUT2D eigenvalue weighted by Gasteiger charge is 2.44. The molecule has 1 saturated heterocycles. The lowest BCUT2D eigenvalue weighted by Crippen LogP contribution is -2.33. The Hall–Kier alpha value is -3.37. The number of thioether (sulfide) groups is 1. The predicted octanol–water partition coefficient (Wildman–Crippen LogP) is 1.75. The Morgan fingerprint density at radius 2 is 1.85 bits per heavy atom. The molecule has 1 fully saturated rings. The molecule has 1 aliphatic heterocycles. The maximum absolute atomic E-state index is 11.0. The van der Waals surface area contributed by atoms with Crippen molar-refractivity contribution in [2.75, 3.05) is 25.0 Å². The first-order valence-electron chi connectivity index (χ1n) is 13.0. The Kier molecular flexibility index (Phi) is 10.2. The first-order valence-corrected chi connectivity index (χ1v) is 14.0. The first-order chi connectivity index (χ1) is 19.3. The van der Waals surface area contributed by atoms with E-state index in [1.807, 2.05) is 0 Å². The minimum Gasteiger partial charge on any atom is -0.394 e. The number of rotatable bonds is 14. The third-order valence-electron chi connectivity index (χ3n) is 6.46. The lowest BCUT2D eigenvalue weighted by Gasteiger charge is -2.17. The first kappa shape index (κ1) is 29.6. The number of carbonyl (C=O) groups excluding carboxylic acids is 1. The van der Waals surface area contributed by atoms with E-state index in [2.05, 4.69) is 25.6 Å². The highest BCUT2D eigenvalue weighted by Crippen LogP contribution is 2.34. The van der Waals surface area contributed by atoms with Crippen LogP contribution in [0.5, 0.6) is 0 Å². The van der Waals surface area contributed by atoms with Gasteiger partial charge in [0.2, 0.25) is 11.9 Å². The number of imidazole rings is 1. The predicted molar refractivity (Wildman–Crippen MR) is 147 cm³/mol. The molecule has 1 amide bonds. The van der Waals surface area contributed by atoms with E-state index in [0.717, 1.165) is 31.2 Å². The minimum atomic E-state index is -1.30. The number of benzene rings is 1. The van der Waals surface area contributed by atoms with E-state index in [-0.39, 0.29) is 11.6 Å². The number of hydrogen-bond donors (Lipinski definition) is 5. The van der Waals surface area contributed by atoms with Gasteiger partial charge in [-0.3, -0.25) is 19.5 Å². The van der Waals surface area contributed by atoms with Crippen LogP contribution in [0.4, 0.5) is 11.6 Å². The number of aliphatic hydroxyl groups excluding tert-OH is 3. The van der Waals surface area contributed by atoms with Gasteiger partial charge in [-0.2, -0.15) is 4.98 Å². The van der Waals surface area contributed by atoms with Crippen molar-refractivity contribution < 1.29 is 29.8 Å². The van der Waals surface area contributed by atoms with Crippen molar-refractivity contribution in [3.8, 4) is 0 Å². The molecule has 0 unspecified atom stereocenters. The summed E-state index contributed by atoms with van der Waals surface area (Å²) in [5.74, 6) is 0.788. The Morgan fingerprint density at radius 3 is 2.50 bits per heavy atom. The van der Waals surface area contributed by atoms with E-state index in [0.29, 0.717) is 41.0 Å². The summed E-state index contributed by atoms with van der Waals surface area (Å²) in [6, 6.07) is 6.27. The molecule has 4 atom stereocenters. The summed E-state index contributed by atoms with van der Waals surface area (Å²) in [5.41, 5.74) is 1.72. The van der Waals surface area contributed by atoms with Crippen LogP contribution < -0.4 is 10.6 Å². The minimum absolute atomic E-state index is 0.0111. The normalized spacial score (nSPS) is 20.6. The number of nitro groups is 1. The van der Waals surface area contributed by atoms with Gasteiger partial charge in [-0.25, -0.2) is 9.97 Å². The number of fused-ring (bicyclic) bond motifs is 1. The highest BCUT2D eigenvalue weighted by molar-refractivity contribution is 7.98. The van der Waals surface area contributed by atoms with Crippen molar-refractivity contribution in [2.24, 2.45) is 0 Å². The van der Waals surface area contributed by atoms with Gasteiger partial charge >= 0.3 is 0 Å². The summed E-state index contributed by atoms with van der Waals surface area (Å²) in [6.07, 6.45) is 0.621. The third kappa shape index (κ3) is 7.22. The number of nitrogens with one attached hydrogen (secondary N) is 2. The molecule has 0 bridgehead atoms. The molecule has 0 radical (unpaired) electrons. The molecule has 0 spiro atoms. The number of unbranched alkanes of at least 4 members (excludes halogenated alkanes) is 3. The number of nitrogens with zero attached hydrogens (tertiary/aromatic N) is 5. The van der Waals surface area contributed by atoms with E-state index < -0.39 is 36.1 Å². The second-order valence-corrected chi connectivity index (χ2v) is 10.4. The number of carbonyl (C=O) groups is 1. The number of nitro benzene ring substituents is 1. The molecule has 14 nitrogen and oxygen atoms in total. The van der Waals surface area contributed by atoms with Gasteiger partial charge in [0.1, 0.15) is 28.9 Å². The average Bonchev–Trinajstić information content (AvgIpc) is 3.49. The fourth-order valence-electron chi connectivity index (χ4n) is 4.30. The topological polar surface area (TPSA) is 198 Å². The number of hydrogen-bond acceptors (Lipinski definition) is 12. The standard InChI is InChI=1S/C25H33N7O7S/c1-15(34)26-10-4-2-3-5-11-27-25-29-22-19(28-14-31(22)24-21(36)20(35)18(12-33)39-24)23(30-25)40-13-16-6-8-17(9-7-16)32(37)38/h6-9,14,18,20-21,24,33,35-36H,2-5,10-13H2,1H3,(H,26,34)(H,27,29,30)/t18-,20-,21-,24-/m1/s1. The number of amides is 1. The zero-order valence-corrected chi connectivity index (χ0v) is 22.8.